The van der Waals surface area contributed by atoms with E-state index >= 15 is 0 Å². The molecular formula is C13H15NO3. The molecule has 0 spiro atoms. The molecule has 17 heavy (non-hydrogen) atoms. The van der Waals surface area contributed by atoms with Gasteiger partial charge in [-0.1, -0.05) is 26.0 Å². The van der Waals surface area contributed by atoms with Crippen molar-refractivity contribution in [1.82, 2.24) is 4.98 Å². The standard InChI is InChI=1S/C13H15NO3/c1-7(2)8-3-4-9-10(12(15)13(16)17)6-14-11(9)5-8/h3-7,12,14-15H,1-2H3,(H,16,17)/t12-/m0/s1. The lowest BCUT2D eigenvalue weighted by Crippen LogP contribution is -2.09. The van der Waals surface area contributed by atoms with Crippen molar-refractivity contribution in [3.63, 3.8) is 0 Å². The van der Waals surface area contributed by atoms with Crippen LogP contribution in [0.2, 0.25) is 0 Å². The summed E-state index contributed by atoms with van der Waals surface area (Å²) in [7, 11) is 0. The summed E-state index contributed by atoms with van der Waals surface area (Å²) < 4.78 is 0. The molecule has 1 heterocycles. The molecule has 4 nitrogen and oxygen atoms in total. The fraction of sp³-hybridized carbons (Fsp3) is 0.308. The number of hydrogen-bond acceptors (Lipinski definition) is 2. The van der Waals surface area contributed by atoms with Crippen LogP contribution < -0.4 is 0 Å². The van der Waals surface area contributed by atoms with Crippen molar-refractivity contribution in [2.45, 2.75) is 25.9 Å². The zero-order valence-electron chi connectivity index (χ0n) is 9.77. The van der Waals surface area contributed by atoms with Gasteiger partial charge in [0.25, 0.3) is 0 Å². The van der Waals surface area contributed by atoms with Crippen LogP contribution in [0.25, 0.3) is 10.9 Å². The number of benzene rings is 1. The predicted octanol–water partition coefficient (Wildman–Crippen LogP) is 2.41. The van der Waals surface area contributed by atoms with Gasteiger partial charge >= 0.3 is 5.97 Å². The molecule has 1 aromatic heterocycles. The highest BCUT2D eigenvalue weighted by Gasteiger charge is 2.19. The first kappa shape index (κ1) is 11.7. The van der Waals surface area contributed by atoms with Gasteiger partial charge in [0.1, 0.15) is 0 Å². The second-order valence-corrected chi connectivity index (χ2v) is 4.44. The molecule has 0 aliphatic carbocycles. The number of carboxylic acids is 1. The van der Waals surface area contributed by atoms with Gasteiger partial charge in [-0.2, -0.15) is 0 Å². The molecule has 0 fully saturated rings. The van der Waals surface area contributed by atoms with E-state index < -0.39 is 12.1 Å². The molecular weight excluding hydrogens is 218 g/mol. The zero-order chi connectivity index (χ0) is 12.6. The van der Waals surface area contributed by atoms with E-state index in [4.69, 9.17) is 5.11 Å². The Bertz CT molecular complexity index is 557. The molecule has 0 aliphatic heterocycles. The molecule has 0 bridgehead atoms. The zero-order valence-corrected chi connectivity index (χ0v) is 9.77. The molecule has 3 N–H and O–H groups in total. The van der Waals surface area contributed by atoms with Gasteiger partial charge in [0.15, 0.2) is 6.10 Å². The summed E-state index contributed by atoms with van der Waals surface area (Å²) in [5, 5.41) is 19.1. The van der Waals surface area contributed by atoms with Crippen LogP contribution in [0.3, 0.4) is 0 Å². The smallest absolute Gasteiger partial charge is 0.337 e. The van der Waals surface area contributed by atoms with Crippen molar-refractivity contribution in [1.29, 1.82) is 0 Å². The second kappa shape index (κ2) is 4.22. The third-order valence-electron chi connectivity index (χ3n) is 2.93. The van der Waals surface area contributed by atoms with Crippen LogP contribution in [-0.2, 0) is 4.79 Å². The van der Waals surface area contributed by atoms with Crippen LogP contribution in [-0.4, -0.2) is 21.2 Å². The Balaban J connectivity index is 2.52. The van der Waals surface area contributed by atoms with Crippen molar-refractivity contribution >= 4 is 16.9 Å². The van der Waals surface area contributed by atoms with E-state index in [9.17, 15) is 9.90 Å². The van der Waals surface area contributed by atoms with Gasteiger partial charge in [-0.25, -0.2) is 4.79 Å². The van der Waals surface area contributed by atoms with Crippen LogP contribution in [0, 0.1) is 0 Å². The number of aliphatic hydroxyl groups is 1. The summed E-state index contributed by atoms with van der Waals surface area (Å²) in [6.07, 6.45) is 0.0711. The summed E-state index contributed by atoms with van der Waals surface area (Å²) in [6, 6.07) is 5.79. The van der Waals surface area contributed by atoms with E-state index in [2.05, 4.69) is 18.8 Å². The van der Waals surface area contributed by atoms with Gasteiger partial charge in [0.05, 0.1) is 0 Å². The van der Waals surface area contributed by atoms with Crippen molar-refractivity contribution in [3.8, 4) is 0 Å². The summed E-state index contributed by atoms with van der Waals surface area (Å²) in [5.74, 6) is -0.825. The van der Waals surface area contributed by atoms with E-state index in [1.807, 2.05) is 18.2 Å². The Morgan fingerprint density at radius 2 is 2.06 bits per heavy atom. The fourth-order valence-corrected chi connectivity index (χ4v) is 1.88. The number of H-pyrrole nitrogens is 1. The molecule has 0 unspecified atom stereocenters. The largest absolute Gasteiger partial charge is 0.479 e. The maximum Gasteiger partial charge on any atom is 0.337 e. The van der Waals surface area contributed by atoms with Gasteiger partial charge in [-0.05, 0) is 17.5 Å². The lowest BCUT2D eigenvalue weighted by Gasteiger charge is -2.06. The number of carbonyl (C=O) groups is 1. The number of nitrogens with one attached hydrogen (secondary N) is 1. The number of fused-ring (bicyclic) bond motifs is 1. The Morgan fingerprint density at radius 3 is 2.65 bits per heavy atom. The van der Waals surface area contributed by atoms with E-state index in [1.54, 1.807) is 6.20 Å². The number of rotatable bonds is 3. The monoisotopic (exact) mass is 233 g/mol. The van der Waals surface area contributed by atoms with Crippen molar-refractivity contribution in [2.24, 2.45) is 0 Å². The van der Waals surface area contributed by atoms with Gasteiger partial charge in [0.2, 0.25) is 0 Å². The summed E-state index contributed by atoms with van der Waals surface area (Å²) in [5.41, 5.74) is 2.44. The number of hydrogen-bond donors (Lipinski definition) is 3. The van der Waals surface area contributed by atoms with E-state index in [0.717, 1.165) is 10.9 Å². The number of aliphatic hydroxyl groups excluding tert-OH is 1. The Hall–Kier alpha value is -1.81. The first-order valence-electron chi connectivity index (χ1n) is 5.52. The number of carboxylic acid groups (broad SMARTS) is 1. The van der Waals surface area contributed by atoms with E-state index in [0.29, 0.717) is 11.5 Å². The average molecular weight is 233 g/mol. The van der Waals surface area contributed by atoms with Crippen LogP contribution in [0.4, 0.5) is 0 Å². The summed E-state index contributed by atoms with van der Waals surface area (Å²) in [6.45, 7) is 4.19. The molecule has 0 amide bonds. The number of aromatic amines is 1. The van der Waals surface area contributed by atoms with Crippen LogP contribution in [0.15, 0.2) is 24.4 Å². The van der Waals surface area contributed by atoms with Crippen LogP contribution in [0.5, 0.6) is 0 Å². The number of aromatic nitrogens is 1. The normalized spacial score (nSPS) is 13.2. The third-order valence-corrected chi connectivity index (χ3v) is 2.93. The Labute approximate surface area is 98.9 Å². The average Bonchev–Trinajstić information content (AvgIpc) is 2.70. The molecule has 90 valence electrons. The second-order valence-electron chi connectivity index (χ2n) is 4.44. The van der Waals surface area contributed by atoms with Crippen LogP contribution in [0.1, 0.15) is 37.0 Å². The fourth-order valence-electron chi connectivity index (χ4n) is 1.88. The van der Waals surface area contributed by atoms with Gasteiger partial charge in [-0.15, -0.1) is 0 Å². The molecule has 0 saturated carbocycles. The van der Waals surface area contributed by atoms with E-state index in [1.165, 1.54) is 5.56 Å². The third kappa shape index (κ3) is 2.03. The molecule has 1 aromatic carbocycles. The van der Waals surface area contributed by atoms with Crippen molar-refractivity contribution in [2.75, 3.05) is 0 Å². The SMILES string of the molecule is CC(C)c1ccc2c([C@H](O)C(=O)O)c[nH]c2c1. The van der Waals surface area contributed by atoms with Gasteiger partial charge < -0.3 is 15.2 Å². The summed E-state index contributed by atoms with van der Waals surface area (Å²) in [4.78, 5) is 13.7. The van der Waals surface area contributed by atoms with Crippen molar-refractivity contribution < 1.29 is 15.0 Å². The quantitative estimate of drug-likeness (QED) is 0.762. The molecule has 2 rings (SSSR count). The predicted molar refractivity (Wildman–Crippen MR) is 65.0 cm³/mol. The number of aliphatic carboxylic acids is 1. The lowest BCUT2D eigenvalue weighted by atomic mass is 10.0. The minimum atomic E-state index is -1.48. The van der Waals surface area contributed by atoms with Gasteiger partial charge in [0, 0.05) is 22.7 Å². The lowest BCUT2D eigenvalue weighted by molar-refractivity contribution is -0.146. The molecule has 4 heteroatoms. The molecule has 1 atom stereocenters. The first-order chi connectivity index (χ1) is 8.00. The Kier molecular flexibility index (Phi) is 2.90. The summed E-state index contributed by atoms with van der Waals surface area (Å²) >= 11 is 0. The maximum absolute atomic E-state index is 10.8. The highest BCUT2D eigenvalue weighted by atomic mass is 16.4. The van der Waals surface area contributed by atoms with E-state index in [-0.39, 0.29) is 0 Å². The molecule has 2 aromatic rings. The minimum absolute atomic E-state index is 0.405. The highest BCUT2D eigenvalue weighted by Crippen LogP contribution is 2.27. The van der Waals surface area contributed by atoms with Crippen LogP contribution >= 0.6 is 0 Å². The van der Waals surface area contributed by atoms with Crippen molar-refractivity contribution in [3.05, 3.63) is 35.5 Å². The molecule has 0 radical (unpaired) electrons. The minimum Gasteiger partial charge on any atom is -0.479 e. The first-order valence-corrected chi connectivity index (χ1v) is 5.52. The highest BCUT2D eigenvalue weighted by molar-refractivity contribution is 5.88. The topological polar surface area (TPSA) is 73.3 Å². The molecule has 0 aliphatic rings. The molecule has 0 saturated heterocycles. The Morgan fingerprint density at radius 1 is 1.35 bits per heavy atom. The van der Waals surface area contributed by atoms with Gasteiger partial charge in [-0.3, -0.25) is 0 Å². The maximum atomic E-state index is 10.8.